The zero-order valence-electron chi connectivity index (χ0n) is 14.7. The number of urea groups is 1. The smallest absolute Gasteiger partial charge is 0.321 e. The van der Waals surface area contributed by atoms with Crippen molar-refractivity contribution in [2.75, 3.05) is 25.0 Å². The number of carbonyl (C=O) groups excluding carboxylic acids is 1. The zero-order valence-corrected chi connectivity index (χ0v) is 14.7. The molecule has 144 valence electrons. The Morgan fingerprint density at radius 3 is 2.63 bits per heavy atom. The molecule has 8 heteroatoms. The van der Waals surface area contributed by atoms with Gasteiger partial charge in [-0.05, 0) is 24.3 Å². The molecule has 1 saturated heterocycles. The normalized spacial score (nSPS) is 14.9. The van der Waals surface area contributed by atoms with Gasteiger partial charge < -0.3 is 19.7 Å². The predicted octanol–water partition coefficient (Wildman–Crippen LogP) is 3.80. The van der Waals surface area contributed by atoms with Crippen molar-refractivity contribution in [2.45, 2.75) is 25.4 Å². The quantitative estimate of drug-likeness (QED) is 0.832. The molecule has 0 bridgehead atoms. The predicted molar refractivity (Wildman–Crippen MR) is 96.4 cm³/mol. The van der Waals surface area contributed by atoms with Crippen LogP contribution in [0, 0.1) is 0 Å². The fourth-order valence-corrected chi connectivity index (χ4v) is 2.81. The minimum Gasteiger partial charge on any atom is -0.490 e. The average Bonchev–Trinajstić information content (AvgIpc) is 2.68. The van der Waals surface area contributed by atoms with Crippen molar-refractivity contribution in [2.24, 2.45) is 0 Å². The van der Waals surface area contributed by atoms with E-state index in [4.69, 9.17) is 9.47 Å². The highest BCUT2D eigenvalue weighted by Gasteiger charge is 2.24. The minimum atomic E-state index is -2.61. The average molecular weight is 377 g/mol. The van der Waals surface area contributed by atoms with Gasteiger partial charge >= 0.3 is 6.03 Å². The highest BCUT2D eigenvalue weighted by atomic mass is 19.3. The van der Waals surface area contributed by atoms with Gasteiger partial charge in [0.05, 0.1) is 0 Å². The third-order valence-electron chi connectivity index (χ3n) is 4.13. The number of alkyl halides is 2. The Kier molecular flexibility index (Phi) is 6.40. The van der Waals surface area contributed by atoms with Gasteiger partial charge in [-0.25, -0.2) is 18.6 Å². The van der Waals surface area contributed by atoms with Gasteiger partial charge in [-0.1, -0.05) is 18.2 Å². The summed E-state index contributed by atoms with van der Waals surface area (Å²) in [5, 5.41) is 2.68. The molecule has 1 fully saturated rings. The molecule has 27 heavy (non-hydrogen) atoms. The molecule has 1 aliphatic rings. The molecule has 1 N–H and O–H groups in total. The number of pyridine rings is 1. The summed E-state index contributed by atoms with van der Waals surface area (Å²) in [6.07, 6.45) is 0.288. The molecule has 6 nitrogen and oxygen atoms in total. The number of likely N-dealkylation sites (tertiary alicyclic amines) is 1. The van der Waals surface area contributed by atoms with Crippen LogP contribution in [0.25, 0.3) is 0 Å². The van der Waals surface area contributed by atoms with Crippen LogP contribution in [0.2, 0.25) is 0 Å². The van der Waals surface area contributed by atoms with Crippen LogP contribution in [0.3, 0.4) is 0 Å². The van der Waals surface area contributed by atoms with E-state index in [1.54, 1.807) is 17.0 Å². The molecule has 1 aromatic carbocycles. The monoisotopic (exact) mass is 377 g/mol. The van der Waals surface area contributed by atoms with E-state index in [1.165, 1.54) is 6.20 Å². The lowest BCUT2D eigenvalue weighted by atomic mass is 10.1. The van der Waals surface area contributed by atoms with E-state index in [1.807, 2.05) is 30.3 Å². The van der Waals surface area contributed by atoms with E-state index in [9.17, 15) is 13.6 Å². The van der Waals surface area contributed by atoms with Gasteiger partial charge in [0.15, 0.2) is 6.61 Å². The molecule has 0 unspecified atom stereocenters. The summed E-state index contributed by atoms with van der Waals surface area (Å²) in [5.41, 5.74) is 0.269. The Hall–Kier alpha value is -2.90. The fraction of sp³-hybridized carbons (Fsp3) is 0.368. The Balaban J connectivity index is 1.51. The maximum atomic E-state index is 12.5. The van der Waals surface area contributed by atoms with Gasteiger partial charge in [-0.15, -0.1) is 0 Å². The Morgan fingerprint density at radius 2 is 1.93 bits per heavy atom. The van der Waals surface area contributed by atoms with Crippen LogP contribution >= 0.6 is 0 Å². The maximum Gasteiger partial charge on any atom is 0.321 e. The number of nitrogens with one attached hydrogen (secondary N) is 1. The molecule has 0 spiro atoms. The number of rotatable bonds is 6. The van der Waals surface area contributed by atoms with Crippen LogP contribution in [-0.2, 0) is 0 Å². The molecule has 0 aliphatic carbocycles. The number of hydrogen-bond acceptors (Lipinski definition) is 4. The molecule has 1 aliphatic heterocycles. The second-order valence-corrected chi connectivity index (χ2v) is 6.11. The summed E-state index contributed by atoms with van der Waals surface area (Å²) >= 11 is 0. The molecule has 2 aromatic rings. The molecule has 0 radical (unpaired) electrons. The van der Waals surface area contributed by atoms with E-state index in [0.717, 1.165) is 5.75 Å². The van der Waals surface area contributed by atoms with Gasteiger partial charge in [0.1, 0.15) is 17.5 Å². The number of amides is 2. The molecule has 2 amide bonds. The number of halogens is 2. The minimum absolute atomic E-state index is 0.0200. The van der Waals surface area contributed by atoms with Gasteiger partial charge in [0.25, 0.3) is 6.43 Å². The van der Waals surface area contributed by atoms with Crippen molar-refractivity contribution in [3.05, 3.63) is 48.7 Å². The van der Waals surface area contributed by atoms with E-state index in [0.29, 0.717) is 25.9 Å². The number of anilines is 1. The van der Waals surface area contributed by atoms with Crippen LogP contribution in [0.15, 0.2) is 48.7 Å². The number of ether oxygens (including phenoxy) is 2. The Bertz CT molecular complexity index is 738. The summed E-state index contributed by atoms with van der Waals surface area (Å²) in [5.74, 6) is 0.796. The lowest BCUT2D eigenvalue weighted by Crippen LogP contribution is -2.43. The van der Waals surface area contributed by atoms with Crippen LogP contribution < -0.4 is 14.8 Å². The van der Waals surface area contributed by atoms with Gasteiger partial charge in [-0.2, -0.15) is 0 Å². The van der Waals surface area contributed by atoms with Crippen molar-refractivity contribution in [1.29, 1.82) is 0 Å². The van der Waals surface area contributed by atoms with Crippen LogP contribution in [-0.4, -0.2) is 48.1 Å². The zero-order chi connectivity index (χ0) is 19.1. The van der Waals surface area contributed by atoms with Gasteiger partial charge in [0, 0.05) is 32.1 Å². The topological polar surface area (TPSA) is 63.7 Å². The second kappa shape index (κ2) is 9.16. The van der Waals surface area contributed by atoms with Crippen LogP contribution in [0.4, 0.5) is 19.3 Å². The molecule has 0 atom stereocenters. The maximum absolute atomic E-state index is 12.5. The van der Waals surface area contributed by atoms with E-state index < -0.39 is 13.0 Å². The summed E-state index contributed by atoms with van der Waals surface area (Å²) in [6.45, 7) is 0.301. The highest BCUT2D eigenvalue weighted by Crippen LogP contribution is 2.23. The summed E-state index contributed by atoms with van der Waals surface area (Å²) in [7, 11) is 0. The SMILES string of the molecule is O=C(Nc1cccnc1OCC(F)F)N1CCC(Oc2ccccc2)CC1. The third-order valence-corrected chi connectivity index (χ3v) is 4.13. The molecule has 3 rings (SSSR count). The molecular formula is C19H21F2N3O3. The second-order valence-electron chi connectivity index (χ2n) is 6.11. The van der Waals surface area contributed by atoms with Gasteiger partial charge in [-0.3, -0.25) is 0 Å². The number of piperidine rings is 1. The number of carbonyl (C=O) groups is 1. The van der Waals surface area contributed by atoms with E-state index in [-0.39, 0.29) is 23.7 Å². The Morgan fingerprint density at radius 1 is 1.19 bits per heavy atom. The number of hydrogen-bond donors (Lipinski definition) is 1. The van der Waals surface area contributed by atoms with Crippen LogP contribution in [0.1, 0.15) is 12.8 Å². The van der Waals surface area contributed by atoms with Gasteiger partial charge in [0.2, 0.25) is 5.88 Å². The standard InChI is InChI=1S/C19H21F2N3O3/c20-17(21)13-26-18-16(7-4-10-22-18)23-19(25)24-11-8-15(9-12-24)27-14-5-2-1-3-6-14/h1-7,10,15,17H,8-9,11-13H2,(H,23,25). The summed E-state index contributed by atoms with van der Waals surface area (Å²) < 4.78 is 35.5. The van der Waals surface area contributed by atoms with Crippen molar-refractivity contribution < 1.29 is 23.0 Å². The van der Waals surface area contributed by atoms with Crippen molar-refractivity contribution in [3.63, 3.8) is 0 Å². The summed E-state index contributed by atoms with van der Waals surface area (Å²) in [6, 6.07) is 12.4. The molecular weight excluding hydrogens is 356 g/mol. The first-order valence-electron chi connectivity index (χ1n) is 8.75. The first-order chi connectivity index (χ1) is 13.1. The van der Waals surface area contributed by atoms with Crippen molar-refractivity contribution in [3.8, 4) is 11.6 Å². The fourth-order valence-electron chi connectivity index (χ4n) is 2.81. The molecule has 0 saturated carbocycles. The van der Waals surface area contributed by atoms with Crippen molar-refractivity contribution >= 4 is 11.7 Å². The number of aromatic nitrogens is 1. The third kappa shape index (κ3) is 5.54. The van der Waals surface area contributed by atoms with Crippen molar-refractivity contribution in [1.82, 2.24) is 9.88 Å². The molecule has 1 aromatic heterocycles. The molecule has 2 heterocycles. The Labute approximate surface area is 156 Å². The van der Waals surface area contributed by atoms with E-state index >= 15 is 0 Å². The first kappa shape index (κ1) is 18.9. The summed E-state index contributed by atoms with van der Waals surface area (Å²) in [4.78, 5) is 18.0. The van der Waals surface area contributed by atoms with Crippen LogP contribution in [0.5, 0.6) is 11.6 Å². The lowest BCUT2D eigenvalue weighted by molar-refractivity contribution is 0.0800. The highest BCUT2D eigenvalue weighted by molar-refractivity contribution is 5.90. The van der Waals surface area contributed by atoms with E-state index in [2.05, 4.69) is 10.3 Å². The number of benzene rings is 1. The first-order valence-corrected chi connectivity index (χ1v) is 8.75. The lowest BCUT2D eigenvalue weighted by Gasteiger charge is -2.32. The largest absolute Gasteiger partial charge is 0.490 e. The number of nitrogens with zero attached hydrogens (tertiary/aromatic N) is 2. The number of para-hydroxylation sites is 1.